The third-order valence-corrected chi connectivity index (χ3v) is 6.58. The lowest BCUT2D eigenvalue weighted by atomic mass is 9.99. The van der Waals surface area contributed by atoms with E-state index in [0.717, 1.165) is 68.8 Å². The SMILES string of the molecule is COc1ccc([C@H]2CCCCCN2C(=O)c2ccc3c(=O)n4c(nc3c2)CCC4)cc1. The van der Waals surface area contributed by atoms with Crippen LogP contribution in [0.1, 0.15) is 59.9 Å². The minimum atomic E-state index is 0.00220. The number of aryl methyl sites for hydroxylation is 1. The molecule has 160 valence electrons. The Bertz CT molecular complexity index is 1180. The van der Waals surface area contributed by atoms with E-state index in [4.69, 9.17) is 9.72 Å². The van der Waals surface area contributed by atoms with Crippen LogP contribution in [0.15, 0.2) is 47.3 Å². The second kappa shape index (κ2) is 8.17. The van der Waals surface area contributed by atoms with E-state index in [1.165, 1.54) is 0 Å². The Morgan fingerprint density at radius 3 is 2.68 bits per heavy atom. The lowest BCUT2D eigenvalue weighted by molar-refractivity contribution is 0.0681. The van der Waals surface area contributed by atoms with Crippen LogP contribution < -0.4 is 10.3 Å². The normalized spacial score (nSPS) is 18.6. The van der Waals surface area contributed by atoms with Crippen LogP contribution in [-0.2, 0) is 13.0 Å². The molecule has 1 aromatic heterocycles. The molecule has 0 spiro atoms. The summed E-state index contributed by atoms with van der Waals surface area (Å²) in [4.78, 5) is 33.1. The van der Waals surface area contributed by atoms with Crippen molar-refractivity contribution in [2.75, 3.05) is 13.7 Å². The molecule has 1 amide bonds. The Kier molecular flexibility index (Phi) is 5.22. The number of ether oxygens (including phenoxy) is 1. The molecule has 0 aliphatic carbocycles. The van der Waals surface area contributed by atoms with Gasteiger partial charge in [-0.25, -0.2) is 4.98 Å². The summed E-state index contributed by atoms with van der Waals surface area (Å²) in [6, 6.07) is 13.4. The van der Waals surface area contributed by atoms with Crippen molar-refractivity contribution in [1.29, 1.82) is 0 Å². The van der Waals surface area contributed by atoms with Crippen LogP contribution in [-0.4, -0.2) is 34.0 Å². The van der Waals surface area contributed by atoms with Crippen LogP contribution in [0.5, 0.6) is 5.75 Å². The van der Waals surface area contributed by atoms with Crippen molar-refractivity contribution in [3.63, 3.8) is 0 Å². The maximum Gasteiger partial charge on any atom is 0.261 e. The molecule has 1 atom stereocenters. The van der Waals surface area contributed by atoms with Gasteiger partial charge in [-0.3, -0.25) is 14.2 Å². The monoisotopic (exact) mass is 417 g/mol. The number of nitrogens with zero attached hydrogens (tertiary/aromatic N) is 3. The predicted octanol–water partition coefficient (Wildman–Crippen LogP) is 4.11. The van der Waals surface area contributed by atoms with E-state index in [1.54, 1.807) is 29.9 Å². The van der Waals surface area contributed by atoms with Gasteiger partial charge in [-0.15, -0.1) is 0 Å². The van der Waals surface area contributed by atoms with Gasteiger partial charge in [-0.05, 0) is 55.2 Å². The molecule has 2 aliphatic heterocycles. The average molecular weight is 418 g/mol. The Morgan fingerprint density at radius 2 is 1.87 bits per heavy atom. The van der Waals surface area contributed by atoms with Gasteiger partial charge in [0.05, 0.1) is 24.1 Å². The van der Waals surface area contributed by atoms with Gasteiger partial charge in [-0.2, -0.15) is 0 Å². The molecule has 0 bridgehead atoms. The van der Waals surface area contributed by atoms with Crippen molar-refractivity contribution in [2.45, 2.75) is 51.1 Å². The molecule has 0 saturated carbocycles. The number of amides is 1. The maximum atomic E-state index is 13.6. The fourth-order valence-corrected chi connectivity index (χ4v) is 4.91. The number of likely N-dealkylation sites (tertiary alicyclic amines) is 1. The van der Waals surface area contributed by atoms with Gasteiger partial charge in [0, 0.05) is 25.1 Å². The maximum absolute atomic E-state index is 13.6. The number of hydrogen-bond acceptors (Lipinski definition) is 4. The molecule has 2 aromatic carbocycles. The van der Waals surface area contributed by atoms with Crippen LogP contribution in [0.4, 0.5) is 0 Å². The van der Waals surface area contributed by atoms with Crippen molar-refractivity contribution in [1.82, 2.24) is 14.5 Å². The second-order valence-corrected chi connectivity index (χ2v) is 8.46. The molecule has 6 nitrogen and oxygen atoms in total. The first-order valence-corrected chi connectivity index (χ1v) is 11.1. The minimum Gasteiger partial charge on any atom is -0.497 e. The third kappa shape index (κ3) is 3.60. The zero-order valence-corrected chi connectivity index (χ0v) is 17.8. The number of benzene rings is 2. The molecular weight excluding hydrogens is 390 g/mol. The van der Waals surface area contributed by atoms with E-state index in [2.05, 4.69) is 12.1 Å². The summed E-state index contributed by atoms with van der Waals surface area (Å²) in [7, 11) is 1.66. The number of carbonyl (C=O) groups excluding carboxylic acids is 1. The summed E-state index contributed by atoms with van der Waals surface area (Å²) in [6.07, 6.45) is 5.93. The Morgan fingerprint density at radius 1 is 1.03 bits per heavy atom. The van der Waals surface area contributed by atoms with Crippen molar-refractivity contribution in [3.8, 4) is 5.75 Å². The fourth-order valence-electron chi connectivity index (χ4n) is 4.91. The van der Waals surface area contributed by atoms with Gasteiger partial charge in [0.15, 0.2) is 0 Å². The standard InChI is InChI=1S/C25H27N3O3/c1-31-19-11-8-17(9-12-19)22-6-3-2-4-14-27(22)24(29)18-10-13-20-21(16-18)26-23-7-5-15-28(23)25(20)30/h8-13,16,22H,2-7,14-15H2,1H3/t22-/m1/s1. The van der Waals surface area contributed by atoms with E-state index < -0.39 is 0 Å². The number of hydrogen-bond donors (Lipinski definition) is 0. The number of fused-ring (bicyclic) bond motifs is 2. The Hall–Kier alpha value is -3.15. The van der Waals surface area contributed by atoms with Crippen LogP contribution in [0.25, 0.3) is 10.9 Å². The van der Waals surface area contributed by atoms with Crippen molar-refractivity contribution < 1.29 is 9.53 Å². The number of methoxy groups -OCH3 is 1. The number of rotatable bonds is 3. The summed E-state index contributed by atoms with van der Waals surface area (Å²) < 4.78 is 7.05. The summed E-state index contributed by atoms with van der Waals surface area (Å²) in [5.74, 6) is 1.65. The first-order chi connectivity index (χ1) is 15.2. The van der Waals surface area contributed by atoms with E-state index in [9.17, 15) is 9.59 Å². The van der Waals surface area contributed by atoms with Crippen LogP contribution in [0, 0.1) is 0 Å². The van der Waals surface area contributed by atoms with Gasteiger partial charge in [0.2, 0.25) is 0 Å². The first-order valence-electron chi connectivity index (χ1n) is 11.1. The largest absolute Gasteiger partial charge is 0.497 e. The molecule has 1 fully saturated rings. The van der Waals surface area contributed by atoms with Crippen molar-refractivity contribution >= 4 is 16.8 Å². The van der Waals surface area contributed by atoms with Gasteiger partial charge in [-0.1, -0.05) is 25.0 Å². The topological polar surface area (TPSA) is 64.4 Å². The van der Waals surface area contributed by atoms with E-state index >= 15 is 0 Å². The quantitative estimate of drug-likeness (QED) is 0.643. The first kappa shape index (κ1) is 19.8. The fraction of sp³-hybridized carbons (Fsp3) is 0.400. The lowest BCUT2D eigenvalue weighted by Gasteiger charge is -2.31. The molecule has 5 rings (SSSR count). The molecule has 3 aromatic rings. The number of carbonyl (C=O) groups is 1. The van der Waals surface area contributed by atoms with Crippen molar-refractivity contribution in [3.05, 3.63) is 69.8 Å². The third-order valence-electron chi connectivity index (χ3n) is 6.58. The zero-order valence-electron chi connectivity index (χ0n) is 17.8. The smallest absolute Gasteiger partial charge is 0.261 e. The summed E-state index contributed by atoms with van der Waals surface area (Å²) in [5.41, 5.74) is 2.36. The molecule has 6 heteroatoms. The minimum absolute atomic E-state index is 0.00220. The van der Waals surface area contributed by atoms with E-state index in [1.807, 2.05) is 17.0 Å². The molecule has 0 unspecified atom stereocenters. The van der Waals surface area contributed by atoms with Gasteiger partial charge in [0.1, 0.15) is 11.6 Å². The van der Waals surface area contributed by atoms with E-state index in [-0.39, 0.29) is 17.5 Å². The highest BCUT2D eigenvalue weighted by Gasteiger charge is 2.28. The Balaban J connectivity index is 1.51. The van der Waals surface area contributed by atoms with Gasteiger partial charge < -0.3 is 9.64 Å². The molecule has 1 saturated heterocycles. The highest BCUT2D eigenvalue weighted by atomic mass is 16.5. The van der Waals surface area contributed by atoms with Gasteiger partial charge in [0.25, 0.3) is 11.5 Å². The summed E-state index contributed by atoms with van der Waals surface area (Å²) in [5, 5.41) is 0.588. The predicted molar refractivity (Wildman–Crippen MR) is 120 cm³/mol. The number of aromatic nitrogens is 2. The molecule has 0 N–H and O–H groups in total. The summed E-state index contributed by atoms with van der Waals surface area (Å²) >= 11 is 0. The molecule has 3 heterocycles. The molecule has 2 aliphatic rings. The van der Waals surface area contributed by atoms with Crippen LogP contribution >= 0.6 is 0 Å². The molecular formula is C25H27N3O3. The second-order valence-electron chi connectivity index (χ2n) is 8.46. The van der Waals surface area contributed by atoms with Crippen LogP contribution in [0.2, 0.25) is 0 Å². The van der Waals surface area contributed by atoms with Gasteiger partial charge >= 0.3 is 0 Å². The Labute approximate surface area is 181 Å². The average Bonchev–Trinajstić information content (AvgIpc) is 3.14. The van der Waals surface area contributed by atoms with Crippen LogP contribution in [0.3, 0.4) is 0 Å². The highest BCUT2D eigenvalue weighted by molar-refractivity contribution is 5.98. The van der Waals surface area contributed by atoms with Crippen molar-refractivity contribution in [2.24, 2.45) is 0 Å². The highest BCUT2D eigenvalue weighted by Crippen LogP contribution is 2.32. The summed E-state index contributed by atoms with van der Waals surface area (Å²) in [6.45, 7) is 1.46. The molecule has 0 radical (unpaired) electrons. The zero-order chi connectivity index (χ0) is 21.4. The molecule has 31 heavy (non-hydrogen) atoms. The lowest BCUT2D eigenvalue weighted by Crippen LogP contribution is -2.35. The van der Waals surface area contributed by atoms with E-state index in [0.29, 0.717) is 16.5 Å².